The van der Waals surface area contributed by atoms with Crippen molar-refractivity contribution >= 4 is 31.9 Å². The number of aryl methyl sites for hydroxylation is 1. The fourth-order valence-electron chi connectivity index (χ4n) is 2.10. The topological polar surface area (TPSA) is 47.3 Å². The lowest BCUT2D eigenvalue weighted by Gasteiger charge is -2.17. The highest BCUT2D eigenvalue weighted by molar-refractivity contribution is 9.10. The first-order valence-electron chi connectivity index (χ1n) is 6.31. The van der Waals surface area contributed by atoms with Crippen LogP contribution in [0.3, 0.4) is 0 Å². The van der Waals surface area contributed by atoms with Crippen LogP contribution in [0.15, 0.2) is 33.3 Å². The zero-order chi connectivity index (χ0) is 14.7. The van der Waals surface area contributed by atoms with Gasteiger partial charge in [-0.3, -0.25) is 4.68 Å². The third kappa shape index (κ3) is 3.07. The second-order valence-corrected chi connectivity index (χ2v) is 6.16. The first-order valence-corrected chi connectivity index (χ1v) is 7.89. The molecule has 0 aliphatic rings. The van der Waals surface area contributed by atoms with Crippen LogP contribution < -0.4 is 4.74 Å². The van der Waals surface area contributed by atoms with Crippen molar-refractivity contribution in [3.63, 3.8) is 0 Å². The van der Waals surface area contributed by atoms with Crippen LogP contribution in [0.2, 0.25) is 0 Å². The Morgan fingerprint density at radius 2 is 2.15 bits per heavy atom. The number of rotatable bonds is 5. The Balaban J connectivity index is 2.48. The number of methoxy groups -OCH3 is 1. The molecule has 108 valence electrons. The molecule has 0 saturated carbocycles. The molecule has 20 heavy (non-hydrogen) atoms. The molecule has 1 heterocycles. The van der Waals surface area contributed by atoms with Gasteiger partial charge >= 0.3 is 0 Å². The molecule has 2 aromatic rings. The van der Waals surface area contributed by atoms with Crippen LogP contribution in [0.4, 0.5) is 0 Å². The van der Waals surface area contributed by atoms with Crippen molar-refractivity contribution in [1.82, 2.24) is 9.78 Å². The molecule has 0 aliphatic heterocycles. The van der Waals surface area contributed by atoms with Crippen molar-refractivity contribution in [2.24, 2.45) is 0 Å². The van der Waals surface area contributed by atoms with Gasteiger partial charge in [0.1, 0.15) is 11.9 Å². The van der Waals surface area contributed by atoms with Crippen molar-refractivity contribution in [3.05, 3.63) is 44.6 Å². The second-order valence-electron chi connectivity index (χ2n) is 4.39. The summed E-state index contributed by atoms with van der Waals surface area (Å²) in [5.74, 6) is 0.650. The molecule has 2 rings (SSSR count). The number of aliphatic hydroxyl groups is 1. The molecule has 1 aromatic carbocycles. The van der Waals surface area contributed by atoms with Gasteiger partial charge in [0.25, 0.3) is 0 Å². The van der Waals surface area contributed by atoms with Gasteiger partial charge in [0.15, 0.2) is 0 Å². The molecule has 0 spiro atoms. The number of hydrogen-bond donors (Lipinski definition) is 1. The average Bonchev–Trinajstić information content (AvgIpc) is 2.79. The maximum absolute atomic E-state index is 10.7. The van der Waals surface area contributed by atoms with Gasteiger partial charge in [0, 0.05) is 16.6 Å². The van der Waals surface area contributed by atoms with E-state index in [1.54, 1.807) is 13.3 Å². The van der Waals surface area contributed by atoms with E-state index in [0.717, 1.165) is 27.6 Å². The van der Waals surface area contributed by atoms with Gasteiger partial charge < -0.3 is 9.84 Å². The number of aliphatic hydroxyl groups excluding tert-OH is 1. The van der Waals surface area contributed by atoms with E-state index in [2.05, 4.69) is 43.9 Å². The van der Waals surface area contributed by atoms with Gasteiger partial charge in [-0.15, -0.1) is 0 Å². The number of halogens is 2. The summed E-state index contributed by atoms with van der Waals surface area (Å²) in [4.78, 5) is 0. The summed E-state index contributed by atoms with van der Waals surface area (Å²) in [6.45, 7) is 2.83. The highest BCUT2D eigenvalue weighted by atomic mass is 79.9. The smallest absolute Gasteiger partial charge is 0.125 e. The van der Waals surface area contributed by atoms with E-state index in [4.69, 9.17) is 4.74 Å². The number of benzene rings is 1. The minimum absolute atomic E-state index is 0.650. The summed E-state index contributed by atoms with van der Waals surface area (Å²) in [5.41, 5.74) is 1.45. The van der Waals surface area contributed by atoms with Crippen LogP contribution in [0.25, 0.3) is 0 Å². The first-order chi connectivity index (χ1) is 9.58. The Labute approximate surface area is 135 Å². The van der Waals surface area contributed by atoms with E-state index in [1.807, 2.05) is 22.9 Å². The molecule has 1 atom stereocenters. The normalized spacial score (nSPS) is 12.4. The lowest BCUT2D eigenvalue weighted by Crippen LogP contribution is -2.11. The van der Waals surface area contributed by atoms with Crippen molar-refractivity contribution in [2.45, 2.75) is 26.0 Å². The van der Waals surface area contributed by atoms with Gasteiger partial charge in [-0.25, -0.2) is 0 Å². The van der Waals surface area contributed by atoms with Gasteiger partial charge in [0.2, 0.25) is 0 Å². The number of hydrogen-bond acceptors (Lipinski definition) is 3. The number of ether oxygens (including phenoxy) is 1. The molecular weight excluding hydrogens is 388 g/mol. The first kappa shape index (κ1) is 15.5. The second kappa shape index (κ2) is 6.74. The third-order valence-electron chi connectivity index (χ3n) is 3.01. The fraction of sp³-hybridized carbons (Fsp3) is 0.357. The zero-order valence-corrected chi connectivity index (χ0v) is 14.5. The highest BCUT2D eigenvalue weighted by Gasteiger charge is 2.22. The molecule has 0 amide bonds. The third-order valence-corrected chi connectivity index (χ3v) is 4.12. The Bertz CT molecular complexity index is 599. The fourth-order valence-corrected chi connectivity index (χ4v) is 2.99. The van der Waals surface area contributed by atoms with Crippen LogP contribution >= 0.6 is 31.9 Å². The van der Waals surface area contributed by atoms with Crippen LogP contribution in [0.5, 0.6) is 5.75 Å². The summed E-state index contributed by atoms with van der Waals surface area (Å²) >= 11 is 6.88. The minimum atomic E-state index is -0.800. The zero-order valence-electron chi connectivity index (χ0n) is 11.3. The predicted octanol–water partition coefficient (Wildman–Crippen LogP) is 3.91. The van der Waals surface area contributed by atoms with E-state index in [1.165, 1.54) is 0 Å². The highest BCUT2D eigenvalue weighted by Crippen LogP contribution is 2.35. The predicted molar refractivity (Wildman–Crippen MR) is 85.0 cm³/mol. The molecule has 4 nitrogen and oxygen atoms in total. The van der Waals surface area contributed by atoms with Crippen LogP contribution in [-0.2, 0) is 6.54 Å². The van der Waals surface area contributed by atoms with Crippen molar-refractivity contribution in [3.8, 4) is 5.75 Å². The summed E-state index contributed by atoms with van der Waals surface area (Å²) in [6, 6.07) is 5.57. The van der Waals surface area contributed by atoms with Crippen LogP contribution in [0.1, 0.15) is 30.7 Å². The van der Waals surface area contributed by atoms with E-state index in [0.29, 0.717) is 11.3 Å². The summed E-state index contributed by atoms with van der Waals surface area (Å²) in [5, 5.41) is 15.0. The standard InChI is InChI=1S/C14H16Br2N2O2/c1-3-6-18-13(11(16)8-17-18)14(19)10-7-9(15)4-5-12(10)20-2/h4-5,7-8,14,19H,3,6H2,1-2H3. The average molecular weight is 404 g/mol. The number of aromatic nitrogens is 2. The van der Waals surface area contributed by atoms with E-state index in [-0.39, 0.29) is 0 Å². The Kier molecular flexibility index (Phi) is 5.23. The largest absolute Gasteiger partial charge is 0.496 e. The van der Waals surface area contributed by atoms with Crippen LogP contribution in [-0.4, -0.2) is 22.0 Å². The molecule has 0 fully saturated rings. The van der Waals surface area contributed by atoms with Crippen molar-refractivity contribution in [1.29, 1.82) is 0 Å². The molecule has 6 heteroatoms. The Hall–Kier alpha value is -0.850. The summed E-state index contributed by atoms with van der Waals surface area (Å²) in [7, 11) is 1.60. The van der Waals surface area contributed by atoms with E-state index in [9.17, 15) is 5.11 Å². The Morgan fingerprint density at radius 3 is 2.80 bits per heavy atom. The molecule has 1 unspecified atom stereocenters. The molecule has 0 saturated heterocycles. The minimum Gasteiger partial charge on any atom is -0.496 e. The monoisotopic (exact) mass is 402 g/mol. The lowest BCUT2D eigenvalue weighted by molar-refractivity contribution is 0.201. The molecular formula is C14H16Br2N2O2. The Morgan fingerprint density at radius 1 is 1.40 bits per heavy atom. The van der Waals surface area contributed by atoms with Crippen LogP contribution in [0, 0.1) is 0 Å². The molecule has 1 N–H and O–H groups in total. The van der Waals surface area contributed by atoms with E-state index < -0.39 is 6.10 Å². The summed E-state index contributed by atoms with van der Waals surface area (Å²) in [6.07, 6.45) is 1.85. The van der Waals surface area contributed by atoms with E-state index >= 15 is 0 Å². The molecule has 0 aliphatic carbocycles. The van der Waals surface area contributed by atoms with Gasteiger partial charge in [0.05, 0.1) is 23.5 Å². The quantitative estimate of drug-likeness (QED) is 0.823. The van der Waals surface area contributed by atoms with Gasteiger partial charge in [-0.05, 0) is 40.5 Å². The molecule has 1 aromatic heterocycles. The number of nitrogens with zero attached hydrogens (tertiary/aromatic N) is 2. The maximum atomic E-state index is 10.7. The van der Waals surface area contributed by atoms with Gasteiger partial charge in [-0.1, -0.05) is 22.9 Å². The maximum Gasteiger partial charge on any atom is 0.125 e. The summed E-state index contributed by atoms with van der Waals surface area (Å²) < 4.78 is 8.83. The molecule has 0 radical (unpaired) electrons. The lowest BCUT2D eigenvalue weighted by atomic mass is 10.1. The molecule has 0 bridgehead atoms. The van der Waals surface area contributed by atoms with Crippen molar-refractivity contribution < 1.29 is 9.84 Å². The SMILES string of the molecule is CCCn1ncc(Br)c1C(O)c1cc(Br)ccc1OC. The van der Waals surface area contributed by atoms with Gasteiger partial charge in [-0.2, -0.15) is 5.10 Å². The van der Waals surface area contributed by atoms with Crippen molar-refractivity contribution in [2.75, 3.05) is 7.11 Å².